The molecule has 2 aromatic heterocycles. The van der Waals surface area contributed by atoms with Crippen molar-refractivity contribution in [3.05, 3.63) is 41.3 Å². The molecule has 0 saturated carbocycles. The van der Waals surface area contributed by atoms with Crippen LogP contribution in [0.5, 0.6) is 0 Å². The molecule has 0 radical (unpaired) electrons. The van der Waals surface area contributed by atoms with E-state index >= 15 is 0 Å². The van der Waals surface area contributed by atoms with Gasteiger partial charge in [-0.2, -0.15) is 5.10 Å². The molecule has 0 unspecified atom stereocenters. The first-order valence-electron chi connectivity index (χ1n) is 7.74. The molecule has 0 N–H and O–H groups in total. The van der Waals surface area contributed by atoms with E-state index in [-0.39, 0.29) is 18.6 Å². The van der Waals surface area contributed by atoms with Gasteiger partial charge >= 0.3 is 0 Å². The average Bonchev–Trinajstić information content (AvgIpc) is 3.00. The van der Waals surface area contributed by atoms with Crippen molar-refractivity contribution in [2.45, 2.75) is 12.6 Å². The van der Waals surface area contributed by atoms with Crippen LogP contribution in [0.3, 0.4) is 0 Å². The molecule has 2 aromatic rings. The molecular formula is C16H20ClN5O2. The summed E-state index contributed by atoms with van der Waals surface area (Å²) in [5, 5.41) is 4.57. The number of nitrogens with zero attached hydrogens (tertiary/aromatic N) is 5. The monoisotopic (exact) mass is 349 g/mol. The van der Waals surface area contributed by atoms with Gasteiger partial charge in [0.05, 0.1) is 30.1 Å². The number of halogens is 1. The van der Waals surface area contributed by atoms with E-state index in [0.29, 0.717) is 24.7 Å². The lowest BCUT2D eigenvalue weighted by Gasteiger charge is -2.33. The zero-order chi connectivity index (χ0) is 17.1. The number of amides is 1. The molecule has 1 saturated heterocycles. The molecule has 7 nitrogen and oxygen atoms in total. The van der Waals surface area contributed by atoms with Gasteiger partial charge < -0.3 is 14.5 Å². The lowest BCUT2D eigenvalue weighted by molar-refractivity contribution is -0.140. The Hall–Kier alpha value is -2.12. The minimum absolute atomic E-state index is 0.00756. The molecule has 128 valence electrons. The van der Waals surface area contributed by atoms with Gasteiger partial charge in [-0.1, -0.05) is 17.7 Å². The number of aromatic nitrogens is 3. The number of hydrogen-bond acceptors (Lipinski definition) is 5. The third-order valence-electron chi connectivity index (χ3n) is 3.86. The second kappa shape index (κ2) is 7.19. The SMILES string of the molecule is CN(C)c1cccc([C@@H]2CN(C(=O)Cn3cc(Cl)cn3)CCO2)n1. The van der Waals surface area contributed by atoms with E-state index < -0.39 is 0 Å². The van der Waals surface area contributed by atoms with Gasteiger partial charge in [-0.3, -0.25) is 9.48 Å². The van der Waals surface area contributed by atoms with Crippen molar-refractivity contribution < 1.29 is 9.53 Å². The Morgan fingerprint density at radius 1 is 1.46 bits per heavy atom. The Balaban J connectivity index is 1.67. The maximum Gasteiger partial charge on any atom is 0.244 e. The smallest absolute Gasteiger partial charge is 0.244 e. The van der Waals surface area contributed by atoms with E-state index in [2.05, 4.69) is 10.1 Å². The van der Waals surface area contributed by atoms with E-state index in [4.69, 9.17) is 16.3 Å². The first-order valence-corrected chi connectivity index (χ1v) is 8.12. The summed E-state index contributed by atoms with van der Waals surface area (Å²) < 4.78 is 7.36. The van der Waals surface area contributed by atoms with E-state index in [1.54, 1.807) is 15.8 Å². The average molecular weight is 350 g/mol. The highest BCUT2D eigenvalue weighted by Gasteiger charge is 2.26. The van der Waals surface area contributed by atoms with Crippen LogP contribution in [0.25, 0.3) is 0 Å². The largest absolute Gasteiger partial charge is 0.368 e. The van der Waals surface area contributed by atoms with E-state index in [9.17, 15) is 4.79 Å². The number of pyridine rings is 1. The number of carbonyl (C=O) groups excluding carboxylic acids is 1. The molecular weight excluding hydrogens is 330 g/mol. The summed E-state index contributed by atoms with van der Waals surface area (Å²) >= 11 is 5.83. The Morgan fingerprint density at radius 2 is 2.29 bits per heavy atom. The molecule has 0 aliphatic carbocycles. The van der Waals surface area contributed by atoms with Gasteiger partial charge in [0.2, 0.25) is 5.91 Å². The topological polar surface area (TPSA) is 63.5 Å². The van der Waals surface area contributed by atoms with Crippen LogP contribution in [0.4, 0.5) is 5.82 Å². The predicted molar refractivity (Wildman–Crippen MR) is 91.1 cm³/mol. The van der Waals surface area contributed by atoms with Crippen molar-refractivity contribution in [1.29, 1.82) is 0 Å². The first kappa shape index (κ1) is 16.7. The summed E-state index contributed by atoms with van der Waals surface area (Å²) in [5.41, 5.74) is 0.834. The standard InChI is InChI=1S/C16H20ClN5O2/c1-20(2)15-5-3-4-13(19-15)14-10-21(6-7-24-14)16(23)11-22-9-12(17)8-18-22/h3-5,8-9,14H,6-7,10-11H2,1-2H3/t14-/m0/s1. The summed E-state index contributed by atoms with van der Waals surface area (Å²) in [4.78, 5) is 20.8. The fraction of sp³-hybridized carbons (Fsp3) is 0.438. The third-order valence-corrected chi connectivity index (χ3v) is 4.06. The predicted octanol–water partition coefficient (Wildman–Crippen LogP) is 1.60. The van der Waals surface area contributed by atoms with Crippen LogP contribution >= 0.6 is 11.6 Å². The van der Waals surface area contributed by atoms with Gasteiger partial charge in [0.1, 0.15) is 18.5 Å². The molecule has 1 aliphatic heterocycles. The normalized spacial score (nSPS) is 17.8. The molecule has 0 aromatic carbocycles. The number of hydrogen-bond donors (Lipinski definition) is 0. The van der Waals surface area contributed by atoms with Gasteiger partial charge in [0.25, 0.3) is 0 Å². The first-order chi connectivity index (χ1) is 11.5. The highest BCUT2D eigenvalue weighted by atomic mass is 35.5. The van der Waals surface area contributed by atoms with Crippen LogP contribution in [0.15, 0.2) is 30.6 Å². The minimum atomic E-state index is -0.219. The van der Waals surface area contributed by atoms with Crippen molar-refractivity contribution in [2.75, 3.05) is 38.7 Å². The van der Waals surface area contributed by atoms with E-state index in [1.807, 2.05) is 37.2 Å². The number of rotatable bonds is 4. The van der Waals surface area contributed by atoms with Crippen LogP contribution in [0, 0.1) is 0 Å². The lowest BCUT2D eigenvalue weighted by atomic mass is 10.2. The Bertz CT molecular complexity index is 718. The van der Waals surface area contributed by atoms with Gasteiger partial charge in [-0.05, 0) is 12.1 Å². The molecule has 1 fully saturated rings. The molecule has 0 spiro atoms. The van der Waals surface area contributed by atoms with E-state index in [0.717, 1.165) is 11.5 Å². The second-order valence-electron chi connectivity index (χ2n) is 5.87. The zero-order valence-corrected chi connectivity index (χ0v) is 14.5. The van der Waals surface area contributed by atoms with Crippen molar-refractivity contribution in [3.8, 4) is 0 Å². The summed E-state index contributed by atoms with van der Waals surface area (Å²) in [5.74, 6) is 0.859. The number of morpholine rings is 1. The Labute approximate surface area is 145 Å². The van der Waals surface area contributed by atoms with Gasteiger partial charge in [-0.15, -0.1) is 0 Å². The molecule has 1 aliphatic rings. The summed E-state index contributed by atoms with van der Waals surface area (Å²) in [6.07, 6.45) is 2.94. The molecule has 8 heteroatoms. The minimum Gasteiger partial charge on any atom is -0.368 e. The molecule has 1 amide bonds. The van der Waals surface area contributed by atoms with Gasteiger partial charge in [0.15, 0.2) is 0 Å². The summed E-state index contributed by atoms with van der Waals surface area (Å²) in [6.45, 7) is 1.71. The maximum atomic E-state index is 12.5. The van der Waals surface area contributed by atoms with Crippen molar-refractivity contribution in [1.82, 2.24) is 19.7 Å². The molecule has 3 heterocycles. The Kier molecular flexibility index (Phi) is 5.01. The summed E-state index contributed by atoms with van der Waals surface area (Å²) in [6, 6.07) is 5.82. The fourth-order valence-corrected chi connectivity index (χ4v) is 2.74. The van der Waals surface area contributed by atoms with Crippen molar-refractivity contribution in [2.24, 2.45) is 0 Å². The zero-order valence-electron chi connectivity index (χ0n) is 13.7. The highest BCUT2D eigenvalue weighted by Crippen LogP contribution is 2.22. The van der Waals surface area contributed by atoms with Gasteiger partial charge in [-0.25, -0.2) is 4.98 Å². The second-order valence-corrected chi connectivity index (χ2v) is 6.31. The lowest BCUT2D eigenvalue weighted by Crippen LogP contribution is -2.44. The molecule has 0 bridgehead atoms. The van der Waals surface area contributed by atoms with Crippen LogP contribution in [0.2, 0.25) is 5.02 Å². The van der Waals surface area contributed by atoms with Crippen LogP contribution in [0.1, 0.15) is 11.8 Å². The quantitative estimate of drug-likeness (QED) is 0.839. The van der Waals surface area contributed by atoms with Crippen LogP contribution in [-0.2, 0) is 16.1 Å². The molecule has 24 heavy (non-hydrogen) atoms. The van der Waals surface area contributed by atoms with Crippen molar-refractivity contribution >= 4 is 23.3 Å². The third kappa shape index (κ3) is 3.85. The number of ether oxygens (including phenoxy) is 1. The highest BCUT2D eigenvalue weighted by molar-refractivity contribution is 6.30. The van der Waals surface area contributed by atoms with E-state index in [1.165, 1.54) is 6.20 Å². The van der Waals surface area contributed by atoms with Gasteiger partial charge in [0, 0.05) is 26.8 Å². The number of carbonyl (C=O) groups is 1. The maximum absolute atomic E-state index is 12.5. The Morgan fingerprint density at radius 3 is 3.00 bits per heavy atom. The molecule has 1 atom stereocenters. The van der Waals surface area contributed by atoms with Crippen LogP contribution in [-0.4, -0.2) is 59.4 Å². The van der Waals surface area contributed by atoms with Crippen LogP contribution < -0.4 is 4.90 Å². The van der Waals surface area contributed by atoms with Crippen molar-refractivity contribution in [3.63, 3.8) is 0 Å². The summed E-state index contributed by atoms with van der Waals surface area (Å²) in [7, 11) is 3.89. The fourth-order valence-electron chi connectivity index (χ4n) is 2.59. The number of anilines is 1. The molecule has 3 rings (SSSR count).